The van der Waals surface area contributed by atoms with Gasteiger partial charge in [0, 0.05) is 34.4 Å². The van der Waals surface area contributed by atoms with E-state index in [-0.39, 0.29) is 35.7 Å². The number of unbranched alkanes of at least 4 members (excludes halogenated alkanes) is 1. The third-order valence-electron chi connectivity index (χ3n) is 7.69. The molecule has 3 fully saturated rings. The molecule has 39 heavy (non-hydrogen) atoms. The Morgan fingerprint density at radius 2 is 1.74 bits per heavy atom. The van der Waals surface area contributed by atoms with Crippen molar-refractivity contribution in [2.75, 3.05) is 30.4 Å². The van der Waals surface area contributed by atoms with E-state index in [0.29, 0.717) is 48.0 Å². The van der Waals surface area contributed by atoms with Crippen LogP contribution in [0.15, 0.2) is 48.5 Å². The SMILES string of the molecule is CCOc1ccc(NC(=O)[C@H]2[C@@H]3OC4(CC3Br)C(C(=O)Nc3ccc(Cl)cc3)N(CCCCO)C(=O)[C@H]24)cc1. The highest BCUT2D eigenvalue weighted by atomic mass is 79.9. The number of alkyl halides is 1. The van der Waals surface area contributed by atoms with Crippen LogP contribution in [0.3, 0.4) is 0 Å². The van der Waals surface area contributed by atoms with Gasteiger partial charge in [-0.25, -0.2) is 0 Å². The highest BCUT2D eigenvalue weighted by Crippen LogP contribution is 2.60. The molecule has 3 saturated heterocycles. The van der Waals surface area contributed by atoms with Gasteiger partial charge < -0.3 is 30.1 Å². The average molecular weight is 621 g/mol. The predicted molar refractivity (Wildman–Crippen MR) is 150 cm³/mol. The van der Waals surface area contributed by atoms with Gasteiger partial charge in [-0.05, 0) is 74.7 Å². The molecule has 0 aromatic heterocycles. The van der Waals surface area contributed by atoms with Crippen molar-refractivity contribution in [2.45, 2.75) is 48.8 Å². The van der Waals surface area contributed by atoms with Crippen molar-refractivity contribution in [3.8, 4) is 5.75 Å². The molecule has 0 aliphatic carbocycles. The Hall–Kier alpha value is -2.66. The van der Waals surface area contributed by atoms with E-state index in [2.05, 4.69) is 26.6 Å². The van der Waals surface area contributed by atoms with Gasteiger partial charge >= 0.3 is 0 Å². The van der Waals surface area contributed by atoms with E-state index in [4.69, 9.17) is 21.1 Å². The van der Waals surface area contributed by atoms with Crippen molar-refractivity contribution < 1.29 is 29.0 Å². The van der Waals surface area contributed by atoms with E-state index >= 15 is 0 Å². The predicted octanol–water partition coefficient (Wildman–Crippen LogP) is 3.84. The molecule has 2 bridgehead atoms. The number of fused-ring (bicyclic) bond motifs is 1. The average Bonchev–Trinajstić information content (AvgIpc) is 3.50. The van der Waals surface area contributed by atoms with Gasteiger partial charge in [0.15, 0.2) is 0 Å². The van der Waals surface area contributed by atoms with Crippen LogP contribution in [0.4, 0.5) is 11.4 Å². The van der Waals surface area contributed by atoms with Gasteiger partial charge in [-0.1, -0.05) is 27.5 Å². The number of halogens is 2. The van der Waals surface area contributed by atoms with Crippen LogP contribution < -0.4 is 15.4 Å². The van der Waals surface area contributed by atoms with E-state index in [0.717, 1.165) is 0 Å². The first kappa shape index (κ1) is 27.9. The number of anilines is 2. The van der Waals surface area contributed by atoms with E-state index in [1.54, 1.807) is 48.5 Å². The molecule has 3 N–H and O–H groups in total. The van der Waals surface area contributed by atoms with E-state index < -0.39 is 29.6 Å². The number of aliphatic hydroxyl groups excluding tert-OH is 1. The Morgan fingerprint density at radius 3 is 2.38 bits per heavy atom. The fourth-order valence-electron chi connectivity index (χ4n) is 6.13. The zero-order chi connectivity index (χ0) is 27.7. The summed E-state index contributed by atoms with van der Waals surface area (Å²) in [6, 6.07) is 12.8. The Kier molecular flexibility index (Phi) is 8.19. The minimum absolute atomic E-state index is 0.0204. The molecule has 3 aliphatic heterocycles. The van der Waals surface area contributed by atoms with Gasteiger partial charge in [0.1, 0.15) is 17.4 Å². The molecule has 3 heterocycles. The second-order valence-corrected chi connectivity index (χ2v) is 11.7. The molecule has 3 amide bonds. The summed E-state index contributed by atoms with van der Waals surface area (Å²) < 4.78 is 12.0. The van der Waals surface area contributed by atoms with Crippen LogP contribution in [0, 0.1) is 11.8 Å². The number of likely N-dealkylation sites (tertiary alicyclic amines) is 1. The third-order valence-corrected chi connectivity index (χ3v) is 8.79. The highest BCUT2D eigenvalue weighted by Gasteiger charge is 2.76. The quantitative estimate of drug-likeness (QED) is 0.275. The lowest BCUT2D eigenvalue weighted by Gasteiger charge is -2.34. The molecule has 6 atom stereocenters. The molecule has 9 nitrogen and oxygen atoms in total. The molecule has 0 saturated carbocycles. The molecule has 2 aromatic carbocycles. The van der Waals surface area contributed by atoms with Crippen LogP contribution >= 0.6 is 27.5 Å². The van der Waals surface area contributed by atoms with Gasteiger partial charge in [0.2, 0.25) is 17.7 Å². The lowest BCUT2D eigenvalue weighted by Crippen LogP contribution is -2.54. The third kappa shape index (κ3) is 5.15. The Morgan fingerprint density at radius 1 is 1.10 bits per heavy atom. The number of hydrogen-bond acceptors (Lipinski definition) is 6. The summed E-state index contributed by atoms with van der Waals surface area (Å²) >= 11 is 9.67. The van der Waals surface area contributed by atoms with Crippen LogP contribution in [0.1, 0.15) is 26.2 Å². The number of ether oxygens (including phenoxy) is 2. The summed E-state index contributed by atoms with van der Waals surface area (Å²) in [4.78, 5) is 42.7. The molecular formula is C28H31BrClN3O6. The number of aliphatic hydroxyl groups is 1. The molecule has 3 aliphatic rings. The minimum Gasteiger partial charge on any atom is -0.494 e. The molecule has 11 heteroatoms. The summed E-state index contributed by atoms with van der Waals surface area (Å²) in [6.45, 7) is 2.68. The number of hydrogen-bond donors (Lipinski definition) is 3. The monoisotopic (exact) mass is 619 g/mol. The van der Waals surface area contributed by atoms with Gasteiger partial charge in [-0.3, -0.25) is 14.4 Å². The molecule has 3 unspecified atom stereocenters. The summed E-state index contributed by atoms with van der Waals surface area (Å²) in [5.74, 6) is -1.90. The maximum absolute atomic E-state index is 13.9. The van der Waals surface area contributed by atoms with Crippen LogP contribution in [0.5, 0.6) is 5.75 Å². The Bertz CT molecular complexity index is 1230. The number of nitrogens with zero attached hydrogens (tertiary/aromatic N) is 1. The number of rotatable bonds is 10. The number of amides is 3. The normalized spacial score (nSPS) is 28.9. The maximum atomic E-state index is 13.9. The second-order valence-electron chi connectivity index (χ2n) is 10.1. The lowest BCUT2D eigenvalue weighted by atomic mass is 9.70. The van der Waals surface area contributed by atoms with E-state index in [9.17, 15) is 19.5 Å². The summed E-state index contributed by atoms with van der Waals surface area (Å²) in [5, 5.41) is 15.7. The summed E-state index contributed by atoms with van der Waals surface area (Å²) in [7, 11) is 0. The van der Waals surface area contributed by atoms with E-state index in [1.807, 2.05) is 6.92 Å². The molecule has 208 valence electrons. The molecular weight excluding hydrogens is 590 g/mol. The Labute approximate surface area is 240 Å². The second kappa shape index (κ2) is 11.4. The van der Waals surface area contributed by atoms with E-state index in [1.165, 1.54) is 4.90 Å². The van der Waals surface area contributed by atoms with Crippen molar-refractivity contribution in [3.05, 3.63) is 53.6 Å². The van der Waals surface area contributed by atoms with Crippen molar-refractivity contribution >= 4 is 56.6 Å². The first-order chi connectivity index (χ1) is 18.8. The number of carbonyl (C=O) groups excluding carboxylic acids is 3. The number of carbonyl (C=O) groups is 3. The van der Waals surface area contributed by atoms with Crippen molar-refractivity contribution in [1.29, 1.82) is 0 Å². The standard InChI is InChI=1S/C28H31BrClN3O6/c1-2-38-19-11-9-18(10-12-19)31-25(35)21-22-27(37)33(13-3-4-14-34)24(28(22)15-20(29)23(21)39-28)26(36)32-17-7-5-16(30)6-8-17/h5-12,20-24,34H,2-4,13-15H2,1H3,(H,31,35)(H,32,36)/t20?,21-,22+,23-,24?,28?/m1/s1. The minimum atomic E-state index is -1.16. The fraction of sp³-hybridized carbons (Fsp3) is 0.464. The maximum Gasteiger partial charge on any atom is 0.250 e. The van der Waals surface area contributed by atoms with Gasteiger partial charge in [-0.2, -0.15) is 0 Å². The van der Waals surface area contributed by atoms with Crippen LogP contribution in [-0.2, 0) is 19.1 Å². The van der Waals surface area contributed by atoms with Crippen molar-refractivity contribution in [2.24, 2.45) is 11.8 Å². The smallest absolute Gasteiger partial charge is 0.250 e. The van der Waals surface area contributed by atoms with Crippen molar-refractivity contribution in [3.63, 3.8) is 0 Å². The number of benzene rings is 2. The largest absolute Gasteiger partial charge is 0.494 e. The van der Waals surface area contributed by atoms with Crippen LogP contribution in [0.2, 0.25) is 5.02 Å². The summed E-state index contributed by atoms with van der Waals surface area (Å²) in [6.07, 6.45) is 0.849. The highest BCUT2D eigenvalue weighted by molar-refractivity contribution is 9.09. The first-order valence-electron chi connectivity index (χ1n) is 13.1. The fourth-order valence-corrected chi connectivity index (χ4v) is 7.20. The van der Waals surface area contributed by atoms with Crippen molar-refractivity contribution in [1.82, 2.24) is 4.90 Å². The topological polar surface area (TPSA) is 117 Å². The van der Waals surface area contributed by atoms with Crippen LogP contribution in [-0.4, -0.2) is 70.1 Å². The molecule has 0 radical (unpaired) electrons. The first-order valence-corrected chi connectivity index (χ1v) is 14.4. The number of nitrogens with one attached hydrogen (secondary N) is 2. The van der Waals surface area contributed by atoms with Crippen LogP contribution in [0.25, 0.3) is 0 Å². The molecule has 5 rings (SSSR count). The molecule has 2 aromatic rings. The van der Waals surface area contributed by atoms with Gasteiger partial charge in [0.25, 0.3) is 0 Å². The zero-order valence-electron chi connectivity index (χ0n) is 21.4. The van der Waals surface area contributed by atoms with Gasteiger partial charge in [-0.15, -0.1) is 0 Å². The zero-order valence-corrected chi connectivity index (χ0v) is 23.8. The Balaban J connectivity index is 1.43. The summed E-state index contributed by atoms with van der Waals surface area (Å²) in [5.41, 5.74) is -0.0413. The molecule has 1 spiro atoms. The van der Waals surface area contributed by atoms with Gasteiger partial charge in [0.05, 0.1) is 24.5 Å². The lowest BCUT2D eigenvalue weighted by molar-refractivity contribution is -0.139.